The summed E-state index contributed by atoms with van der Waals surface area (Å²) >= 11 is 5.47. The van der Waals surface area contributed by atoms with E-state index >= 15 is 0 Å². The van der Waals surface area contributed by atoms with Gasteiger partial charge in [0.05, 0.1) is 6.04 Å². The van der Waals surface area contributed by atoms with Crippen molar-refractivity contribution in [3.8, 4) is 5.75 Å². The molecular formula is C21H26N2OS. The van der Waals surface area contributed by atoms with Crippen LogP contribution in [0.3, 0.4) is 0 Å². The Hall–Kier alpha value is -2.33. The van der Waals surface area contributed by atoms with Crippen LogP contribution in [0.4, 0.5) is 5.69 Å². The Kier molecular flexibility index (Phi) is 7.02. The lowest BCUT2D eigenvalue weighted by molar-refractivity contribution is 0.363. The van der Waals surface area contributed by atoms with Crippen molar-refractivity contribution in [1.29, 1.82) is 0 Å². The summed E-state index contributed by atoms with van der Waals surface area (Å²) in [6.45, 7) is 10.6. The molecule has 0 aromatic heterocycles. The third-order valence-corrected chi connectivity index (χ3v) is 4.35. The largest absolute Gasteiger partial charge is 0.490 e. The Morgan fingerprint density at radius 2 is 1.88 bits per heavy atom. The van der Waals surface area contributed by atoms with E-state index in [4.69, 9.17) is 17.0 Å². The van der Waals surface area contributed by atoms with E-state index in [2.05, 4.69) is 56.2 Å². The molecule has 2 aromatic carbocycles. The number of thiocarbonyl (C=S) groups is 1. The van der Waals surface area contributed by atoms with Crippen molar-refractivity contribution in [3.05, 3.63) is 71.8 Å². The summed E-state index contributed by atoms with van der Waals surface area (Å²) in [5.74, 6) is 0.811. The summed E-state index contributed by atoms with van der Waals surface area (Å²) in [6.07, 6.45) is 2.68. The second kappa shape index (κ2) is 9.23. The molecule has 2 aromatic rings. The second-order valence-corrected chi connectivity index (χ2v) is 6.44. The standard InChI is InChI=1S/C21H26N2OS/c1-5-13-24-19-11-9-18(10-12-19)22-21(25)23-20(6-2)17-8-7-15(3)16(4)14-17/h5,7-12,14,20H,1,6,13H2,2-4H3,(H2,22,23,25)/t20-/m1/s1. The highest BCUT2D eigenvalue weighted by Crippen LogP contribution is 2.20. The van der Waals surface area contributed by atoms with Crippen molar-refractivity contribution >= 4 is 23.0 Å². The van der Waals surface area contributed by atoms with E-state index < -0.39 is 0 Å². The van der Waals surface area contributed by atoms with Gasteiger partial charge in [-0.3, -0.25) is 0 Å². The zero-order chi connectivity index (χ0) is 18.2. The minimum absolute atomic E-state index is 0.189. The van der Waals surface area contributed by atoms with E-state index in [1.807, 2.05) is 24.3 Å². The molecule has 4 heteroatoms. The van der Waals surface area contributed by atoms with Gasteiger partial charge in [0, 0.05) is 5.69 Å². The fourth-order valence-electron chi connectivity index (χ4n) is 2.52. The number of benzene rings is 2. The average molecular weight is 355 g/mol. The normalized spacial score (nSPS) is 11.5. The van der Waals surface area contributed by atoms with Gasteiger partial charge in [-0.2, -0.15) is 0 Å². The highest BCUT2D eigenvalue weighted by Gasteiger charge is 2.11. The minimum atomic E-state index is 0.189. The Morgan fingerprint density at radius 3 is 2.48 bits per heavy atom. The first-order valence-corrected chi connectivity index (χ1v) is 8.92. The van der Waals surface area contributed by atoms with Crippen LogP contribution in [0, 0.1) is 13.8 Å². The number of ether oxygens (including phenoxy) is 1. The van der Waals surface area contributed by atoms with Gasteiger partial charge in [-0.1, -0.05) is 37.8 Å². The summed E-state index contributed by atoms with van der Waals surface area (Å²) in [5.41, 5.74) is 4.78. The van der Waals surface area contributed by atoms with E-state index in [0.29, 0.717) is 11.7 Å². The van der Waals surface area contributed by atoms with E-state index in [1.165, 1.54) is 16.7 Å². The van der Waals surface area contributed by atoms with Crippen molar-refractivity contribution in [1.82, 2.24) is 5.32 Å². The van der Waals surface area contributed by atoms with Gasteiger partial charge in [-0.25, -0.2) is 0 Å². The maximum absolute atomic E-state index is 5.48. The molecule has 132 valence electrons. The van der Waals surface area contributed by atoms with Crippen LogP contribution >= 0.6 is 12.2 Å². The monoisotopic (exact) mass is 354 g/mol. The van der Waals surface area contributed by atoms with Gasteiger partial charge in [-0.15, -0.1) is 0 Å². The summed E-state index contributed by atoms with van der Waals surface area (Å²) in [6, 6.07) is 14.5. The molecule has 0 aliphatic rings. The zero-order valence-electron chi connectivity index (χ0n) is 15.1. The van der Waals surface area contributed by atoms with Gasteiger partial charge in [0.1, 0.15) is 12.4 Å². The predicted molar refractivity (Wildman–Crippen MR) is 110 cm³/mol. The van der Waals surface area contributed by atoms with Crippen LogP contribution in [0.2, 0.25) is 0 Å². The van der Waals surface area contributed by atoms with Gasteiger partial charge >= 0.3 is 0 Å². The first-order valence-electron chi connectivity index (χ1n) is 8.52. The Bertz CT molecular complexity index is 725. The first-order chi connectivity index (χ1) is 12.0. The molecule has 0 amide bonds. The number of rotatable bonds is 7. The van der Waals surface area contributed by atoms with Gasteiger partial charge in [0.15, 0.2) is 5.11 Å². The minimum Gasteiger partial charge on any atom is -0.490 e. The molecule has 3 nitrogen and oxygen atoms in total. The molecule has 0 unspecified atom stereocenters. The summed E-state index contributed by atoms with van der Waals surface area (Å²) in [4.78, 5) is 0. The molecule has 0 aliphatic heterocycles. The van der Waals surface area contributed by atoms with Crippen LogP contribution in [0.25, 0.3) is 0 Å². The van der Waals surface area contributed by atoms with Crippen molar-refractivity contribution in [3.63, 3.8) is 0 Å². The molecule has 2 rings (SSSR count). The van der Waals surface area contributed by atoms with E-state index in [0.717, 1.165) is 17.9 Å². The van der Waals surface area contributed by atoms with Crippen LogP contribution in [0.15, 0.2) is 55.1 Å². The lowest BCUT2D eigenvalue weighted by Crippen LogP contribution is -2.32. The smallest absolute Gasteiger partial charge is 0.171 e. The summed E-state index contributed by atoms with van der Waals surface area (Å²) < 4.78 is 5.48. The van der Waals surface area contributed by atoms with E-state index in [-0.39, 0.29) is 6.04 Å². The molecule has 0 saturated carbocycles. The molecule has 0 heterocycles. The van der Waals surface area contributed by atoms with Crippen LogP contribution in [0.5, 0.6) is 5.75 Å². The molecule has 0 radical (unpaired) electrons. The van der Waals surface area contributed by atoms with Gasteiger partial charge < -0.3 is 15.4 Å². The summed E-state index contributed by atoms with van der Waals surface area (Å²) in [7, 11) is 0. The molecule has 0 saturated heterocycles. The molecule has 25 heavy (non-hydrogen) atoms. The van der Waals surface area contributed by atoms with Crippen molar-refractivity contribution in [2.75, 3.05) is 11.9 Å². The highest BCUT2D eigenvalue weighted by molar-refractivity contribution is 7.80. The molecule has 0 bridgehead atoms. The SMILES string of the molecule is C=CCOc1ccc(NC(=S)N[C@H](CC)c2ccc(C)c(C)c2)cc1. The molecule has 1 atom stereocenters. The van der Waals surface area contributed by atoms with Gasteiger partial charge in [0.25, 0.3) is 0 Å². The van der Waals surface area contributed by atoms with E-state index in [1.54, 1.807) is 6.08 Å². The highest BCUT2D eigenvalue weighted by atomic mass is 32.1. The third kappa shape index (κ3) is 5.61. The Balaban J connectivity index is 1.97. The summed E-state index contributed by atoms with van der Waals surface area (Å²) in [5, 5.41) is 7.25. The van der Waals surface area contributed by atoms with Crippen LogP contribution in [-0.2, 0) is 0 Å². The Morgan fingerprint density at radius 1 is 1.16 bits per heavy atom. The van der Waals surface area contributed by atoms with Crippen molar-refractivity contribution < 1.29 is 4.74 Å². The molecule has 0 aliphatic carbocycles. The average Bonchev–Trinajstić information content (AvgIpc) is 2.61. The lowest BCUT2D eigenvalue weighted by Gasteiger charge is -2.21. The van der Waals surface area contributed by atoms with Gasteiger partial charge in [-0.05, 0) is 73.4 Å². The quantitative estimate of drug-likeness (QED) is 0.522. The van der Waals surface area contributed by atoms with E-state index in [9.17, 15) is 0 Å². The van der Waals surface area contributed by atoms with Crippen LogP contribution in [0.1, 0.15) is 36.1 Å². The molecule has 2 N–H and O–H groups in total. The second-order valence-electron chi connectivity index (χ2n) is 6.03. The number of aryl methyl sites for hydroxylation is 2. The molecule has 0 spiro atoms. The van der Waals surface area contributed by atoms with Crippen LogP contribution < -0.4 is 15.4 Å². The molecular weight excluding hydrogens is 328 g/mol. The fraction of sp³-hybridized carbons (Fsp3) is 0.286. The Labute approximate surface area is 156 Å². The molecule has 0 fully saturated rings. The first kappa shape index (κ1) is 19.0. The van der Waals surface area contributed by atoms with Crippen molar-refractivity contribution in [2.24, 2.45) is 0 Å². The third-order valence-electron chi connectivity index (χ3n) is 4.13. The fourth-order valence-corrected chi connectivity index (χ4v) is 2.78. The number of anilines is 1. The maximum Gasteiger partial charge on any atom is 0.171 e. The van der Waals surface area contributed by atoms with Crippen molar-refractivity contribution in [2.45, 2.75) is 33.2 Å². The predicted octanol–water partition coefficient (Wildman–Crippen LogP) is 5.31. The van der Waals surface area contributed by atoms with Crippen LogP contribution in [-0.4, -0.2) is 11.7 Å². The topological polar surface area (TPSA) is 33.3 Å². The van der Waals surface area contributed by atoms with Gasteiger partial charge in [0.2, 0.25) is 0 Å². The maximum atomic E-state index is 5.48. The number of hydrogen-bond acceptors (Lipinski definition) is 2. The lowest BCUT2D eigenvalue weighted by atomic mass is 9.99. The zero-order valence-corrected chi connectivity index (χ0v) is 16.0. The number of nitrogens with one attached hydrogen (secondary N) is 2. The number of hydrogen-bond donors (Lipinski definition) is 2.